The average Bonchev–Trinajstić information content (AvgIpc) is 3.58. The van der Waals surface area contributed by atoms with E-state index in [2.05, 4.69) is 45.3 Å². The number of ether oxygens (including phenoxy) is 1. The van der Waals surface area contributed by atoms with Crippen LogP contribution in [0, 0.1) is 11.8 Å². The number of carbonyl (C=O) groups is 3. The number of rotatable bonds is 11. The van der Waals surface area contributed by atoms with E-state index in [0.29, 0.717) is 24.2 Å². The van der Waals surface area contributed by atoms with Gasteiger partial charge in [0.05, 0.1) is 30.6 Å². The second kappa shape index (κ2) is 12.1. The van der Waals surface area contributed by atoms with Crippen LogP contribution in [0.15, 0.2) is 54.6 Å². The minimum Gasteiger partial charge on any atom is -0.394 e. The first-order chi connectivity index (χ1) is 19.8. The van der Waals surface area contributed by atoms with Gasteiger partial charge in [-0.15, -0.1) is 0 Å². The number of fused-ring (bicyclic) bond motifs is 1. The molecule has 3 unspecified atom stereocenters. The second-order valence-electron chi connectivity index (χ2n) is 11.0. The molecule has 10 heteroatoms. The Labute approximate surface area is 249 Å². The molecule has 7 atom stereocenters. The van der Waals surface area contributed by atoms with E-state index in [1.807, 2.05) is 61.5 Å². The number of aliphatic hydroxyl groups is 1. The van der Waals surface area contributed by atoms with Gasteiger partial charge in [-0.1, -0.05) is 53.2 Å². The first-order valence-corrected chi connectivity index (χ1v) is 15.5. The maximum absolute atomic E-state index is 14.3. The number of amides is 3. The lowest BCUT2D eigenvalue weighted by molar-refractivity contribution is -0.144. The number of aliphatic hydroxyl groups excluding tert-OH is 1. The monoisotopic (exact) mass is 626 g/mol. The van der Waals surface area contributed by atoms with E-state index in [4.69, 9.17) is 4.74 Å². The van der Waals surface area contributed by atoms with Gasteiger partial charge in [0.25, 0.3) is 0 Å². The van der Waals surface area contributed by atoms with E-state index in [1.165, 1.54) is 4.90 Å². The quantitative estimate of drug-likeness (QED) is 0.329. The molecule has 3 amide bonds. The van der Waals surface area contributed by atoms with Crippen molar-refractivity contribution in [2.24, 2.45) is 11.8 Å². The molecule has 220 valence electrons. The number of halogens is 1. The third kappa shape index (κ3) is 5.04. The van der Waals surface area contributed by atoms with Gasteiger partial charge in [-0.25, -0.2) is 0 Å². The molecular weight excluding hydrogens is 588 g/mol. The summed E-state index contributed by atoms with van der Waals surface area (Å²) in [6.07, 6.45) is 0.626. The Bertz CT molecular complexity index is 1260. The van der Waals surface area contributed by atoms with E-state index < -0.39 is 41.5 Å². The summed E-state index contributed by atoms with van der Waals surface area (Å²) in [5.41, 5.74) is 1.14. The minimum atomic E-state index is -1.21. The molecule has 1 spiro atoms. The lowest BCUT2D eigenvalue weighted by Gasteiger charge is -2.37. The van der Waals surface area contributed by atoms with Crippen LogP contribution in [0.3, 0.4) is 0 Å². The highest BCUT2D eigenvalue weighted by Crippen LogP contribution is 2.61. The molecule has 3 aliphatic rings. The third-order valence-electron chi connectivity index (χ3n) is 8.78. The van der Waals surface area contributed by atoms with Crippen LogP contribution >= 0.6 is 15.9 Å². The van der Waals surface area contributed by atoms with Gasteiger partial charge in [-0.05, 0) is 56.5 Å². The van der Waals surface area contributed by atoms with Crippen LogP contribution in [0.4, 0.5) is 11.4 Å². The topological polar surface area (TPSA) is 111 Å². The van der Waals surface area contributed by atoms with E-state index in [1.54, 1.807) is 0 Å². The minimum absolute atomic E-state index is 0.197. The Hall–Kier alpha value is -2.95. The summed E-state index contributed by atoms with van der Waals surface area (Å²) in [5.74, 6) is -2.56. The largest absolute Gasteiger partial charge is 0.394 e. The molecule has 3 aliphatic heterocycles. The number of hydrogen-bond donors (Lipinski definition) is 3. The number of alkyl halides is 1. The molecule has 9 nitrogen and oxygen atoms in total. The van der Waals surface area contributed by atoms with Crippen molar-refractivity contribution < 1.29 is 24.2 Å². The number of likely N-dealkylation sites (tertiary alicyclic amines) is 1. The van der Waals surface area contributed by atoms with Crippen molar-refractivity contribution in [3.8, 4) is 0 Å². The Morgan fingerprint density at radius 3 is 2.39 bits per heavy atom. The number of nitrogens with zero attached hydrogens (tertiary/aromatic N) is 2. The van der Waals surface area contributed by atoms with Crippen molar-refractivity contribution in [3.63, 3.8) is 0 Å². The fourth-order valence-electron chi connectivity index (χ4n) is 6.95. The summed E-state index contributed by atoms with van der Waals surface area (Å²) in [6, 6.07) is 15.0. The van der Waals surface area contributed by atoms with Gasteiger partial charge in [-0.3, -0.25) is 14.4 Å². The number of hydrogen-bond acceptors (Lipinski definition) is 6. The second-order valence-corrected chi connectivity index (χ2v) is 12.2. The van der Waals surface area contributed by atoms with Crippen molar-refractivity contribution in [2.45, 2.75) is 62.2 Å². The summed E-state index contributed by atoms with van der Waals surface area (Å²) < 4.78 is 6.57. The van der Waals surface area contributed by atoms with Gasteiger partial charge in [0.15, 0.2) is 0 Å². The zero-order valence-corrected chi connectivity index (χ0v) is 25.3. The third-order valence-corrected chi connectivity index (χ3v) is 9.63. The molecule has 5 rings (SSSR count). The summed E-state index contributed by atoms with van der Waals surface area (Å²) in [4.78, 5) is 45.5. The molecule has 2 aromatic carbocycles. The molecule has 0 aromatic heterocycles. The standard InChI is InChI=1S/C31H39BrN4O5/c1-4-16-33-28(38)24-25-30(40)36(23(18-37)19-10-8-7-9-11-19)27(31(25)17-22(32)26(24)41-31)29(39)34-20-12-14-21(15-13-20)35(5-2)6-3/h7-15,22-27,37H,4-6,16-18H2,1-3H3,(H,33,38)(H,34,39)/t22?,23-,24-,25+,26-,27?,31?/m1/s1. The molecule has 0 radical (unpaired) electrons. The Morgan fingerprint density at radius 1 is 1.10 bits per heavy atom. The highest BCUT2D eigenvalue weighted by Gasteiger charge is 2.77. The van der Waals surface area contributed by atoms with E-state index in [0.717, 1.165) is 25.2 Å². The lowest BCUT2D eigenvalue weighted by Crippen LogP contribution is -2.55. The fourth-order valence-corrected chi connectivity index (χ4v) is 7.90. The number of anilines is 2. The van der Waals surface area contributed by atoms with Crippen molar-refractivity contribution in [1.82, 2.24) is 10.2 Å². The number of benzene rings is 2. The zero-order chi connectivity index (χ0) is 29.3. The van der Waals surface area contributed by atoms with Crippen molar-refractivity contribution in [2.75, 3.05) is 36.5 Å². The summed E-state index contributed by atoms with van der Waals surface area (Å²) in [7, 11) is 0. The van der Waals surface area contributed by atoms with Gasteiger partial charge in [0, 0.05) is 35.8 Å². The van der Waals surface area contributed by atoms with Crippen molar-refractivity contribution in [1.29, 1.82) is 0 Å². The number of carbonyl (C=O) groups excluding carboxylic acids is 3. The van der Waals surface area contributed by atoms with Crippen LogP contribution < -0.4 is 15.5 Å². The van der Waals surface area contributed by atoms with E-state index >= 15 is 0 Å². The highest BCUT2D eigenvalue weighted by molar-refractivity contribution is 9.09. The Balaban J connectivity index is 1.53. The fraction of sp³-hybridized carbons (Fsp3) is 0.516. The first kappa shape index (κ1) is 29.5. The maximum Gasteiger partial charge on any atom is 0.250 e. The zero-order valence-electron chi connectivity index (χ0n) is 23.8. The van der Waals surface area contributed by atoms with E-state index in [-0.39, 0.29) is 23.2 Å². The van der Waals surface area contributed by atoms with Crippen molar-refractivity contribution >= 4 is 45.0 Å². The normalized spacial score (nSPS) is 28.9. The van der Waals surface area contributed by atoms with E-state index in [9.17, 15) is 19.5 Å². The molecule has 2 bridgehead atoms. The summed E-state index contributed by atoms with van der Waals surface area (Å²) >= 11 is 3.70. The summed E-state index contributed by atoms with van der Waals surface area (Å²) in [5, 5.41) is 16.6. The van der Waals surface area contributed by atoms with Gasteiger partial charge in [0.2, 0.25) is 17.7 Å². The molecule has 0 aliphatic carbocycles. The van der Waals surface area contributed by atoms with Gasteiger partial charge in [0.1, 0.15) is 11.6 Å². The SMILES string of the molecule is CCCNC(=O)[C@H]1[C@@H]2OC3(CC2Br)C(C(=O)Nc2ccc(N(CC)CC)cc2)N([C@H](CO)c2ccccc2)C(=O)[C@H]13. The van der Waals surface area contributed by atoms with Gasteiger partial charge >= 0.3 is 0 Å². The van der Waals surface area contributed by atoms with Gasteiger partial charge in [-0.2, -0.15) is 0 Å². The highest BCUT2D eigenvalue weighted by atomic mass is 79.9. The molecule has 0 saturated carbocycles. The van der Waals surface area contributed by atoms with Crippen LogP contribution in [0.1, 0.15) is 45.2 Å². The molecule has 2 aromatic rings. The van der Waals surface area contributed by atoms with Crippen LogP contribution in [0.25, 0.3) is 0 Å². The molecular formula is C31H39BrN4O5. The molecule has 3 N–H and O–H groups in total. The molecule has 41 heavy (non-hydrogen) atoms. The average molecular weight is 628 g/mol. The molecule has 3 fully saturated rings. The maximum atomic E-state index is 14.3. The smallest absolute Gasteiger partial charge is 0.250 e. The Kier molecular flexibility index (Phi) is 8.73. The van der Waals surface area contributed by atoms with Crippen molar-refractivity contribution in [3.05, 3.63) is 60.2 Å². The summed E-state index contributed by atoms with van der Waals surface area (Å²) in [6.45, 7) is 8.00. The van der Waals surface area contributed by atoms with Crippen LogP contribution in [-0.4, -0.2) is 76.5 Å². The predicted molar refractivity (Wildman–Crippen MR) is 161 cm³/mol. The van der Waals surface area contributed by atoms with Crippen LogP contribution in [0.2, 0.25) is 0 Å². The van der Waals surface area contributed by atoms with Gasteiger partial charge < -0.3 is 30.3 Å². The molecule has 3 heterocycles. The van der Waals surface area contributed by atoms with Crippen LogP contribution in [-0.2, 0) is 19.1 Å². The lowest BCUT2D eigenvalue weighted by atomic mass is 9.70. The Morgan fingerprint density at radius 2 is 1.78 bits per heavy atom. The first-order valence-electron chi connectivity index (χ1n) is 14.5. The number of nitrogens with one attached hydrogen (secondary N) is 2. The van der Waals surface area contributed by atoms with Crippen LogP contribution in [0.5, 0.6) is 0 Å². The molecule has 3 saturated heterocycles. The predicted octanol–water partition coefficient (Wildman–Crippen LogP) is 3.48.